The highest BCUT2D eigenvalue weighted by atomic mass is 79.9. The highest BCUT2D eigenvalue weighted by Gasteiger charge is 2.17. The Balaban J connectivity index is 1.39. The van der Waals surface area contributed by atoms with Crippen molar-refractivity contribution in [2.75, 3.05) is 26.2 Å². The predicted molar refractivity (Wildman–Crippen MR) is 117 cm³/mol. The molecular formula is C23H24BrN3. The number of benzene rings is 3. The van der Waals surface area contributed by atoms with Crippen LogP contribution >= 0.6 is 15.9 Å². The van der Waals surface area contributed by atoms with Crippen molar-refractivity contribution in [2.45, 2.75) is 13.5 Å². The van der Waals surface area contributed by atoms with Crippen molar-refractivity contribution >= 4 is 32.4 Å². The Bertz CT molecular complexity index is 953. The Morgan fingerprint density at radius 3 is 2.48 bits per heavy atom. The summed E-state index contributed by atoms with van der Waals surface area (Å²) in [5.41, 5.74) is 3.65. The van der Waals surface area contributed by atoms with Gasteiger partial charge in [0.1, 0.15) is 0 Å². The van der Waals surface area contributed by atoms with Crippen LogP contribution in [0.1, 0.15) is 18.1 Å². The lowest BCUT2D eigenvalue weighted by Crippen LogP contribution is -2.43. The largest absolute Gasteiger partial charge is 0.295 e. The molecule has 0 bridgehead atoms. The van der Waals surface area contributed by atoms with Gasteiger partial charge in [-0.05, 0) is 41.0 Å². The van der Waals surface area contributed by atoms with Gasteiger partial charge in [-0.2, -0.15) is 5.10 Å². The van der Waals surface area contributed by atoms with E-state index >= 15 is 0 Å². The fourth-order valence-electron chi connectivity index (χ4n) is 3.65. The molecule has 0 unspecified atom stereocenters. The summed E-state index contributed by atoms with van der Waals surface area (Å²) in [4.78, 5) is 2.53. The van der Waals surface area contributed by atoms with E-state index in [1.165, 1.54) is 21.9 Å². The van der Waals surface area contributed by atoms with Gasteiger partial charge in [-0.15, -0.1) is 0 Å². The SMILES string of the molecule is C/C(=N/N1CCN(Cc2cccc3ccccc23)CC1)c1cccc(Br)c1. The molecule has 0 spiro atoms. The van der Waals surface area contributed by atoms with Crippen LogP contribution in [0.2, 0.25) is 0 Å². The highest BCUT2D eigenvalue weighted by molar-refractivity contribution is 9.10. The van der Waals surface area contributed by atoms with Gasteiger partial charge >= 0.3 is 0 Å². The molecule has 0 aliphatic carbocycles. The number of nitrogens with zero attached hydrogens (tertiary/aromatic N) is 3. The van der Waals surface area contributed by atoms with Crippen LogP contribution in [0.3, 0.4) is 0 Å². The normalized spacial score (nSPS) is 16.1. The van der Waals surface area contributed by atoms with Crippen LogP contribution in [0.4, 0.5) is 0 Å². The van der Waals surface area contributed by atoms with E-state index in [0.717, 1.165) is 42.9 Å². The standard InChI is InChI=1S/C23H24BrN3/c1-18(20-8-5-10-22(24)16-20)25-27-14-12-26(13-15-27)17-21-9-4-7-19-6-2-3-11-23(19)21/h2-11,16H,12-15,17H2,1H3/b25-18-. The maximum Gasteiger partial charge on any atom is 0.0647 e. The van der Waals surface area contributed by atoms with Crippen LogP contribution in [-0.2, 0) is 6.54 Å². The minimum absolute atomic E-state index is 0.968. The van der Waals surface area contributed by atoms with Gasteiger partial charge in [0.05, 0.1) is 5.71 Å². The number of hydrazone groups is 1. The Labute approximate surface area is 169 Å². The molecule has 1 saturated heterocycles. The molecular weight excluding hydrogens is 398 g/mol. The zero-order valence-electron chi connectivity index (χ0n) is 15.6. The smallest absolute Gasteiger partial charge is 0.0647 e. The van der Waals surface area contributed by atoms with Crippen LogP contribution < -0.4 is 0 Å². The average molecular weight is 422 g/mol. The summed E-state index contributed by atoms with van der Waals surface area (Å²) in [6, 6.07) is 23.6. The number of hydrogen-bond donors (Lipinski definition) is 0. The quantitative estimate of drug-likeness (QED) is 0.542. The van der Waals surface area contributed by atoms with Gasteiger partial charge in [0, 0.05) is 37.2 Å². The fourth-order valence-corrected chi connectivity index (χ4v) is 4.05. The molecule has 0 atom stereocenters. The monoisotopic (exact) mass is 421 g/mol. The summed E-state index contributed by atoms with van der Waals surface area (Å²) < 4.78 is 1.09. The first-order valence-corrected chi connectivity index (χ1v) is 10.2. The summed E-state index contributed by atoms with van der Waals surface area (Å²) in [6.07, 6.45) is 0. The molecule has 27 heavy (non-hydrogen) atoms. The van der Waals surface area contributed by atoms with E-state index in [1.807, 2.05) is 6.07 Å². The second kappa shape index (κ2) is 8.24. The summed E-state index contributed by atoms with van der Waals surface area (Å²) in [5, 5.41) is 9.73. The molecule has 1 fully saturated rings. The van der Waals surface area contributed by atoms with Gasteiger partial charge in [-0.25, -0.2) is 0 Å². The number of halogens is 1. The number of rotatable bonds is 4. The highest BCUT2D eigenvalue weighted by Crippen LogP contribution is 2.21. The third-order valence-electron chi connectivity index (χ3n) is 5.16. The van der Waals surface area contributed by atoms with E-state index in [1.54, 1.807) is 0 Å². The van der Waals surface area contributed by atoms with E-state index in [2.05, 4.69) is 93.4 Å². The van der Waals surface area contributed by atoms with Crippen molar-refractivity contribution in [1.82, 2.24) is 9.91 Å². The lowest BCUT2D eigenvalue weighted by molar-refractivity contribution is 0.131. The molecule has 4 heteroatoms. The molecule has 138 valence electrons. The van der Waals surface area contributed by atoms with Gasteiger partial charge in [0.25, 0.3) is 0 Å². The molecule has 3 nitrogen and oxygen atoms in total. The van der Waals surface area contributed by atoms with Crippen LogP contribution in [-0.4, -0.2) is 41.8 Å². The van der Waals surface area contributed by atoms with Crippen LogP contribution in [0.5, 0.6) is 0 Å². The maximum atomic E-state index is 4.84. The average Bonchev–Trinajstić information content (AvgIpc) is 2.70. The topological polar surface area (TPSA) is 18.8 Å². The minimum atomic E-state index is 0.968. The van der Waals surface area contributed by atoms with Gasteiger partial charge in [-0.1, -0.05) is 70.5 Å². The zero-order chi connectivity index (χ0) is 18.6. The summed E-state index contributed by atoms with van der Waals surface area (Å²) >= 11 is 3.54. The minimum Gasteiger partial charge on any atom is -0.295 e. The first kappa shape index (κ1) is 18.2. The van der Waals surface area contributed by atoms with E-state index < -0.39 is 0 Å². The molecule has 4 rings (SSSR count). The fraction of sp³-hybridized carbons (Fsp3) is 0.261. The second-order valence-corrected chi connectivity index (χ2v) is 7.98. The van der Waals surface area contributed by atoms with E-state index in [-0.39, 0.29) is 0 Å². The molecule has 0 aromatic heterocycles. The number of fused-ring (bicyclic) bond motifs is 1. The third-order valence-corrected chi connectivity index (χ3v) is 5.65. The van der Waals surface area contributed by atoms with Crippen molar-refractivity contribution in [1.29, 1.82) is 0 Å². The number of hydrogen-bond acceptors (Lipinski definition) is 3. The van der Waals surface area contributed by atoms with Crippen molar-refractivity contribution in [3.8, 4) is 0 Å². The van der Waals surface area contributed by atoms with Gasteiger partial charge in [0.2, 0.25) is 0 Å². The molecule has 0 radical (unpaired) electrons. The van der Waals surface area contributed by atoms with Crippen molar-refractivity contribution < 1.29 is 0 Å². The van der Waals surface area contributed by atoms with Crippen molar-refractivity contribution in [3.63, 3.8) is 0 Å². The Morgan fingerprint density at radius 1 is 0.926 bits per heavy atom. The molecule has 0 amide bonds. The van der Waals surface area contributed by atoms with Gasteiger partial charge in [0.15, 0.2) is 0 Å². The Morgan fingerprint density at radius 2 is 1.67 bits per heavy atom. The molecule has 0 N–H and O–H groups in total. The maximum absolute atomic E-state index is 4.84. The molecule has 3 aromatic rings. The molecule has 1 aliphatic rings. The van der Waals surface area contributed by atoms with Crippen molar-refractivity contribution in [2.24, 2.45) is 5.10 Å². The van der Waals surface area contributed by atoms with Gasteiger partial charge < -0.3 is 0 Å². The molecule has 3 aromatic carbocycles. The summed E-state index contributed by atoms with van der Waals surface area (Å²) in [6.45, 7) is 7.11. The first-order chi connectivity index (χ1) is 13.2. The Hall–Kier alpha value is -2.17. The van der Waals surface area contributed by atoms with Gasteiger partial charge in [-0.3, -0.25) is 9.91 Å². The third kappa shape index (κ3) is 4.40. The second-order valence-electron chi connectivity index (χ2n) is 7.06. The van der Waals surface area contributed by atoms with E-state index in [0.29, 0.717) is 0 Å². The lowest BCUT2D eigenvalue weighted by atomic mass is 10.0. The number of piperazine rings is 1. The van der Waals surface area contributed by atoms with E-state index in [9.17, 15) is 0 Å². The first-order valence-electron chi connectivity index (χ1n) is 9.44. The summed E-state index contributed by atoms with van der Waals surface area (Å²) in [7, 11) is 0. The van der Waals surface area contributed by atoms with E-state index in [4.69, 9.17) is 5.10 Å². The van der Waals surface area contributed by atoms with Crippen molar-refractivity contribution in [3.05, 3.63) is 82.3 Å². The lowest BCUT2D eigenvalue weighted by Gasteiger charge is -2.33. The molecule has 0 saturated carbocycles. The van der Waals surface area contributed by atoms with Crippen LogP contribution in [0.25, 0.3) is 10.8 Å². The summed E-state index contributed by atoms with van der Waals surface area (Å²) in [5.74, 6) is 0. The predicted octanol–water partition coefficient (Wildman–Crippen LogP) is 5.14. The Kier molecular flexibility index (Phi) is 5.55. The molecule has 1 heterocycles. The van der Waals surface area contributed by atoms with Crippen LogP contribution in [0, 0.1) is 0 Å². The van der Waals surface area contributed by atoms with Crippen LogP contribution in [0.15, 0.2) is 76.3 Å². The zero-order valence-corrected chi connectivity index (χ0v) is 17.2. The molecule has 1 aliphatic heterocycles.